The third-order valence-corrected chi connectivity index (χ3v) is 4.33. The fraction of sp³-hybridized carbons (Fsp3) is 0.600. The van der Waals surface area contributed by atoms with Crippen molar-refractivity contribution < 1.29 is 0 Å². The summed E-state index contributed by atoms with van der Waals surface area (Å²) in [6.45, 7) is 3.95. The quantitative estimate of drug-likeness (QED) is 0.935. The number of rotatable bonds is 3. The molecule has 6 heteroatoms. The summed E-state index contributed by atoms with van der Waals surface area (Å²) >= 11 is 0. The van der Waals surface area contributed by atoms with Crippen LogP contribution in [0.3, 0.4) is 0 Å². The van der Waals surface area contributed by atoms with Crippen LogP contribution >= 0.6 is 0 Å². The summed E-state index contributed by atoms with van der Waals surface area (Å²) in [6.07, 6.45) is 6.68. The third-order valence-electron chi connectivity index (χ3n) is 4.33. The van der Waals surface area contributed by atoms with Crippen molar-refractivity contribution in [3.05, 3.63) is 29.7 Å². The van der Waals surface area contributed by atoms with Crippen LogP contribution in [0.2, 0.25) is 0 Å². The minimum Gasteiger partial charge on any atom is -0.356 e. The maximum atomic E-state index is 4.76. The molecule has 1 saturated carbocycles. The second-order valence-corrected chi connectivity index (χ2v) is 6.11. The molecule has 2 aromatic heterocycles. The first kappa shape index (κ1) is 12.7. The van der Waals surface area contributed by atoms with E-state index in [1.807, 2.05) is 19.2 Å². The van der Waals surface area contributed by atoms with Gasteiger partial charge in [0, 0.05) is 31.1 Å². The Morgan fingerprint density at radius 2 is 2.05 bits per heavy atom. The number of aryl methyl sites for hydroxylation is 1. The lowest BCUT2D eigenvalue weighted by Crippen LogP contribution is -2.35. The van der Waals surface area contributed by atoms with Crippen molar-refractivity contribution in [3.63, 3.8) is 0 Å². The van der Waals surface area contributed by atoms with Gasteiger partial charge >= 0.3 is 0 Å². The average Bonchev–Trinajstić information content (AvgIpc) is 3.29. The van der Waals surface area contributed by atoms with Gasteiger partial charge in [-0.25, -0.2) is 15.0 Å². The van der Waals surface area contributed by atoms with Crippen molar-refractivity contribution in [1.82, 2.24) is 25.1 Å². The standard InChI is InChI=1S/C15H20N6/c1-10-17-15(20-19-10)12-3-2-8-21(9-12)13-6-7-16-14(18-13)11-4-5-11/h6-7,11-12H,2-5,8-9H2,1H3,(H,17,19,20). The van der Waals surface area contributed by atoms with E-state index in [9.17, 15) is 0 Å². The van der Waals surface area contributed by atoms with Crippen LogP contribution < -0.4 is 4.90 Å². The molecule has 4 rings (SSSR count). The second kappa shape index (κ2) is 5.09. The van der Waals surface area contributed by atoms with Gasteiger partial charge < -0.3 is 4.90 Å². The van der Waals surface area contributed by atoms with E-state index in [1.165, 1.54) is 12.8 Å². The zero-order chi connectivity index (χ0) is 14.2. The highest BCUT2D eigenvalue weighted by molar-refractivity contribution is 5.39. The van der Waals surface area contributed by atoms with Crippen molar-refractivity contribution in [3.8, 4) is 0 Å². The number of hydrogen-bond acceptors (Lipinski definition) is 5. The number of hydrogen-bond donors (Lipinski definition) is 1. The SMILES string of the molecule is Cc1nc(C2CCCN(c3ccnc(C4CC4)n3)C2)n[nH]1. The summed E-state index contributed by atoms with van der Waals surface area (Å²) in [5.74, 6) is 4.89. The maximum Gasteiger partial charge on any atom is 0.155 e. The first-order valence-electron chi connectivity index (χ1n) is 7.76. The zero-order valence-electron chi connectivity index (χ0n) is 12.3. The van der Waals surface area contributed by atoms with E-state index in [0.717, 1.165) is 49.2 Å². The maximum absolute atomic E-state index is 4.76. The molecule has 1 atom stereocenters. The highest BCUT2D eigenvalue weighted by Crippen LogP contribution is 2.38. The van der Waals surface area contributed by atoms with Gasteiger partial charge in [-0.05, 0) is 38.7 Å². The molecule has 2 fully saturated rings. The van der Waals surface area contributed by atoms with E-state index in [0.29, 0.717) is 11.8 Å². The van der Waals surface area contributed by atoms with Crippen LogP contribution in [0.25, 0.3) is 0 Å². The summed E-state index contributed by atoms with van der Waals surface area (Å²) in [4.78, 5) is 16.0. The molecular formula is C15H20N6. The zero-order valence-corrected chi connectivity index (χ0v) is 12.3. The summed E-state index contributed by atoms with van der Waals surface area (Å²) in [7, 11) is 0. The molecule has 1 saturated heterocycles. The predicted molar refractivity (Wildman–Crippen MR) is 79.3 cm³/mol. The Kier molecular flexibility index (Phi) is 3.09. The van der Waals surface area contributed by atoms with Gasteiger partial charge in [0.05, 0.1) is 0 Å². The molecule has 6 nitrogen and oxygen atoms in total. The van der Waals surface area contributed by atoms with Crippen LogP contribution in [0.1, 0.15) is 55.0 Å². The number of H-pyrrole nitrogens is 1. The highest BCUT2D eigenvalue weighted by Gasteiger charge is 2.29. The monoisotopic (exact) mass is 284 g/mol. The minimum absolute atomic E-state index is 0.392. The number of nitrogens with one attached hydrogen (secondary N) is 1. The van der Waals surface area contributed by atoms with Crippen LogP contribution in [-0.2, 0) is 0 Å². The van der Waals surface area contributed by atoms with E-state index in [-0.39, 0.29) is 0 Å². The molecule has 1 aliphatic carbocycles. The number of anilines is 1. The van der Waals surface area contributed by atoms with Gasteiger partial charge in [-0.2, -0.15) is 5.10 Å². The molecular weight excluding hydrogens is 264 g/mol. The lowest BCUT2D eigenvalue weighted by Gasteiger charge is -2.32. The van der Waals surface area contributed by atoms with E-state index in [2.05, 4.69) is 25.1 Å². The lowest BCUT2D eigenvalue weighted by atomic mass is 9.97. The predicted octanol–water partition coefficient (Wildman–Crippen LogP) is 2.16. The van der Waals surface area contributed by atoms with Gasteiger partial charge in [0.1, 0.15) is 17.5 Å². The van der Waals surface area contributed by atoms with Gasteiger partial charge in [-0.1, -0.05) is 0 Å². The Bertz CT molecular complexity index is 633. The number of piperidine rings is 1. The van der Waals surface area contributed by atoms with Crippen LogP contribution in [0.4, 0.5) is 5.82 Å². The Balaban J connectivity index is 1.53. The van der Waals surface area contributed by atoms with Gasteiger partial charge in [-0.3, -0.25) is 5.10 Å². The van der Waals surface area contributed by atoms with Gasteiger partial charge in [0.25, 0.3) is 0 Å². The Morgan fingerprint density at radius 1 is 1.14 bits per heavy atom. The topological polar surface area (TPSA) is 70.6 Å². The molecule has 1 N–H and O–H groups in total. The average molecular weight is 284 g/mol. The first-order valence-corrected chi connectivity index (χ1v) is 7.76. The Hall–Kier alpha value is -1.98. The van der Waals surface area contributed by atoms with E-state index in [1.54, 1.807) is 0 Å². The summed E-state index contributed by atoms with van der Waals surface area (Å²) in [6, 6.07) is 2.03. The van der Waals surface area contributed by atoms with Gasteiger partial charge in [0.2, 0.25) is 0 Å². The van der Waals surface area contributed by atoms with Gasteiger partial charge in [-0.15, -0.1) is 0 Å². The molecule has 0 radical (unpaired) electrons. The minimum atomic E-state index is 0.392. The van der Waals surface area contributed by atoms with Gasteiger partial charge in [0.15, 0.2) is 5.82 Å². The molecule has 2 aromatic rings. The molecule has 3 heterocycles. The number of aromatic amines is 1. The van der Waals surface area contributed by atoms with Crippen molar-refractivity contribution in [1.29, 1.82) is 0 Å². The van der Waals surface area contributed by atoms with Crippen LogP contribution in [-0.4, -0.2) is 38.2 Å². The summed E-state index contributed by atoms with van der Waals surface area (Å²) < 4.78 is 0. The Morgan fingerprint density at radius 3 is 2.81 bits per heavy atom. The third kappa shape index (κ3) is 2.62. The largest absolute Gasteiger partial charge is 0.356 e. The van der Waals surface area contributed by atoms with Crippen molar-refractivity contribution in [2.75, 3.05) is 18.0 Å². The lowest BCUT2D eigenvalue weighted by molar-refractivity contribution is 0.489. The second-order valence-electron chi connectivity index (χ2n) is 6.11. The molecule has 110 valence electrons. The fourth-order valence-corrected chi connectivity index (χ4v) is 3.02. The number of aromatic nitrogens is 5. The van der Waals surface area contributed by atoms with Crippen molar-refractivity contribution >= 4 is 5.82 Å². The number of nitrogens with zero attached hydrogens (tertiary/aromatic N) is 5. The van der Waals surface area contributed by atoms with E-state index < -0.39 is 0 Å². The van der Waals surface area contributed by atoms with Crippen LogP contribution in [0.15, 0.2) is 12.3 Å². The molecule has 1 unspecified atom stereocenters. The summed E-state index contributed by atoms with van der Waals surface area (Å²) in [5, 5.41) is 7.28. The van der Waals surface area contributed by atoms with E-state index >= 15 is 0 Å². The molecule has 1 aliphatic heterocycles. The highest BCUT2D eigenvalue weighted by atomic mass is 15.2. The molecule has 21 heavy (non-hydrogen) atoms. The first-order chi connectivity index (χ1) is 10.3. The summed E-state index contributed by atoms with van der Waals surface area (Å²) in [5.41, 5.74) is 0. The fourth-order valence-electron chi connectivity index (χ4n) is 3.02. The molecule has 0 spiro atoms. The molecule has 2 aliphatic rings. The van der Waals surface area contributed by atoms with E-state index in [4.69, 9.17) is 4.98 Å². The van der Waals surface area contributed by atoms with Crippen molar-refractivity contribution in [2.24, 2.45) is 0 Å². The van der Waals surface area contributed by atoms with Crippen LogP contribution in [0, 0.1) is 6.92 Å². The normalized spacial score (nSPS) is 22.5. The van der Waals surface area contributed by atoms with Crippen LogP contribution in [0.5, 0.6) is 0 Å². The van der Waals surface area contributed by atoms with Crippen molar-refractivity contribution in [2.45, 2.75) is 44.4 Å². The molecule has 0 amide bonds. The Labute approximate surface area is 124 Å². The molecule has 0 bridgehead atoms. The smallest absolute Gasteiger partial charge is 0.155 e. The molecule has 0 aromatic carbocycles.